The van der Waals surface area contributed by atoms with E-state index in [9.17, 15) is 4.79 Å². The summed E-state index contributed by atoms with van der Waals surface area (Å²) in [7, 11) is 0. The molecule has 4 heteroatoms. The summed E-state index contributed by atoms with van der Waals surface area (Å²) in [6, 6.07) is 9.62. The molecule has 0 fully saturated rings. The largest absolute Gasteiger partial charge is 0.352 e. The van der Waals surface area contributed by atoms with Crippen molar-refractivity contribution in [3.8, 4) is 0 Å². The summed E-state index contributed by atoms with van der Waals surface area (Å²) < 4.78 is 0. The van der Waals surface area contributed by atoms with Crippen LogP contribution >= 0.6 is 0 Å². The number of benzene rings is 1. The minimum absolute atomic E-state index is 0.0775. The summed E-state index contributed by atoms with van der Waals surface area (Å²) in [6.07, 6.45) is 1.33. The highest BCUT2D eigenvalue weighted by Crippen LogP contribution is 2.02. The fraction of sp³-hybridized carbons (Fsp3) is 0.462. The molecule has 94 valence electrons. The maximum Gasteiger partial charge on any atom is 0.237 e. The van der Waals surface area contributed by atoms with E-state index in [-0.39, 0.29) is 11.9 Å². The lowest BCUT2D eigenvalue weighted by atomic mass is 10.1. The van der Waals surface area contributed by atoms with E-state index >= 15 is 0 Å². The summed E-state index contributed by atoms with van der Waals surface area (Å²) in [5, 5.41) is 2.89. The number of amides is 1. The van der Waals surface area contributed by atoms with Crippen molar-refractivity contribution in [1.29, 1.82) is 0 Å². The molecule has 5 N–H and O–H groups in total. The third kappa shape index (κ3) is 4.97. The van der Waals surface area contributed by atoms with Gasteiger partial charge in [0.05, 0.1) is 6.04 Å². The van der Waals surface area contributed by atoms with Crippen molar-refractivity contribution < 1.29 is 4.79 Å². The molecule has 0 heterocycles. The Hall–Kier alpha value is -1.39. The maximum absolute atomic E-state index is 11.6. The van der Waals surface area contributed by atoms with Gasteiger partial charge in [0.15, 0.2) is 0 Å². The number of carbonyl (C=O) groups is 1. The highest BCUT2D eigenvalue weighted by atomic mass is 16.2. The quantitative estimate of drug-likeness (QED) is 0.668. The predicted molar refractivity (Wildman–Crippen MR) is 69.4 cm³/mol. The Labute approximate surface area is 102 Å². The van der Waals surface area contributed by atoms with Gasteiger partial charge in [0.1, 0.15) is 0 Å². The Kier molecular flexibility index (Phi) is 5.66. The topological polar surface area (TPSA) is 81.1 Å². The maximum atomic E-state index is 11.6. The van der Waals surface area contributed by atoms with Crippen LogP contribution in [0.25, 0.3) is 0 Å². The number of hydrogen-bond donors (Lipinski definition) is 3. The van der Waals surface area contributed by atoms with E-state index in [1.807, 2.05) is 37.3 Å². The Bertz CT molecular complexity index is 340. The van der Waals surface area contributed by atoms with Crippen LogP contribution in [0.5, 0.6) is 0 Å². The van der Waals surface area contributed by atoms with Gasteiger partial charge in [-0.2, -0.15) is 0 Å². The third-order valence-electron chi connectivity index (χ3n) is 2.59. The van der Waals surface area contributed by atoms with Gasteiger partial charge in [0.2, 0.25) is 5.91 Å². The molecule has 1 rings (SSSR count). The van der Waals surface area contributed by atoms with Crippen LogP contribution in [0.1, 0.15) is 18.9 Å². The Balaban J connectivity index is 2.39. The molecule has 0 bridgehead atoms. The molecule has 0 radical (unpaired) electrons. The highest BCUT2D eigenvalue weighted by molar-refractivity contribution is 5.81. The number of rotatable bonds is 6. The lowest BCUT2D eigenvalue weighted by Gasteiger charge is -2.17. The van der Waals surface area contributed by atoms with Gasteiger partial charge in [-0.05, 0) is 31.9 Å². The third-order valence-corrected chi connectivity index (χ3v) is 2.59. The molecule has 0 saturated carbocycles. The Morgan fingerprint density at radius 3 is 2.59 bits per heavy atom. The first-order valence-corrected chi connectivity index (χ1v) is 5.93. The zero-order chi connectivity index (χ0) is 12.7. The molecule has 1 amide bonds. The Morgan fingerprint density at radius 1 is 1.35 bits per heavy atom. The average molecular weight is 235 g/mol. The van der Waals surface area contributed by atoms with E-state index in [4.69, 9.17) is 11.5 Å². The van der Waals surface area contributed by atoms with E-state index in [0.717, 1.165) is 6.42 Å². The van der Waals surface area contributed by atoms with E-state index in [0.29, 0.717) is 13.0 Å². The lowest BCUT2D eigenvalue weighted by Crippen LogP contribution is -2.45. The molecular weight excluding hydrogens is 214 g/mol. The van der Waals surface area contributed by atoms with Crippen molar-refractivity contribution in [1.82, 2.24) is 5.32 Å². The number of carbonyl (C=O) groups excluding carboxylic acids is 1. The van der Waals surface area contributed by atoms with Crippen molar-refractivity contribution in [2.24, 2.45) is 11.5 Å². The van der Waals surface area contributed by atoms with Crippen LogP contribution in [0.15, 0.2) is 30.3 Å². The molecule has 2 atom stereocenters. The predicted octanol–water partition coefficient (Wildman–Crippen LogP) is 0.410. The fourth-order valence-corrected chi connectivity index (χ4v) is 1.68. The van der Waals surface area contributed by atoms with Crippen molar-refractivity contribution in [2.45, 2.75) is 31.8 Å². The number of nitrogens with two attached hydrogens (primary N) is 2. The van der Waals surface area contributed by atoms with E-state index < -0.39 is 6.04 Å². The molecule has 0 spiro atoms. The van der Waals surface area contributed by atoms with Crippen LogP contribution in [0, 0.1) is 0 Å². The van der Waals surface area contributed by atoms with Crippen molar-refractivity contribution in [3.05, 3.63) is 35.9 Å². The zero-order valence-corrected chi connectivity index (χ0v) is 10.2. The van der Waals surface area contributed by atoms with Crippen molar-refractivity contribution in [2.75, 3.05) is 6.54 Å². The van der Waals surface area contributed by atoms with Gasteiger partial charge in [0.25, 0.3) is 0 Å². The second-order valence-electron chi connectivity index (χ2n) is 4.28. The summed E-state index contributed by atoms with van der Waals surface area (Å²) in [5.74, 6) is -0.126. The van der Waals surface area contributed by atoms with Gasteiger partial charge >= 0.3 is 0 Å². The highest BCUT2D eigenvalue weighted by Gasteiger charge is 2.14. The first-order valence-electron chi connectivity index (χ1n) is 5.93. The second-order valence-corrected chi connectivity index (χ2v) is 4.28. The average Bonchev–Trinajstić information content (AvgIpc) is 2.30. The molecule has 0 aliphatic rings. The van der Waals surface area contributed by atoms with Gasteiger partial charge in [-0.25, -0.2) is 0 Å². The van der Waals surface area contributed by atoms with E-state index in [1.165, 1.54) is 5.56 Å². The molecular formula is C13H21N3O. The summed E-state index contributed by atoms with van der Waals surface area (Å²) in [6.45, 7) is 2.40. The van der Waals surface area contributed by atoms with Gasteiger partial charge in [0, 0.05) is 6.04 Å². The number of nitrogens with one attached hydrogen (secondary N) is 1. The molecule has 0 unspecified atom stereocenters. The van der Waals surface area contributed by atoms with Crippen LogP contribution in [-0.2, 0) is 11.2 Å². The molecule has 17 heavy (non-hydrogen) atoms. The minimum Gasteiger partial charge on any atom is -0.352 e. The van der Waals surface area contributed by atoms with Crippen LogP contribution in [-0.4, -0.2) is 24.5 Å². The summed E-state index contributed by atoms with van der Waals surface area (Å²) >= 11 is 0. The molecule has 1 aromatic rings. The van der Waals surface area contributed by atoms with Crippen molar-refractivity contribution in [3.63, 3.8) is 0 Å². The van der Waals surface area contributed by atoms with Gasteiger partial charge < -0.3 is 16.8 Å². The molecule has 0 aromatic heterocycles. The Morgan fingerprint density at radius 2 is 2.00 bits per heavy atom. The van der Waals surface area contributed by atoms with E-state index in [2.05, 4.69) is 5.32 Å². The lowest BCUT2D eigenvalue weighted by molar-refractivity contribution is -0.123. The molecule has 0 aliphatic carbocycles. The smallest absolute Gasteiger partial charge is 0.237 e. The standard InChI is InChI=1S/C13H21N3O/c1-10(9-11-5-3-2-4-6-11)16-13(17)12(15)7-8-14/h2-6,10,12H,7-9,14-15H2,1H3,(H,16,17)/t10-,12-/m0/s1. The van der Waals surface area contributed by atoms with Crippen LogP contribution in [0.4, 0.5) is 0 Å². The summed E-state index contributed by atoms with van der Waals surface area (Å²) in [4.78, 5) is 11.6. The van der Waals surface area contributed by atoms with Gasteiger partial charge in [-0.15, -0.1) is 0 Å². The first kappa shape index (κ1) is 13.7. The zero-order valence-electron chi connectivity index (χ0n) is 10.2. The van der Waals surface area contributed by atoms with Crippen LogP contribution in [0.3, 0.4) is 0 Å². The molecule has 0 aliphatic heterocycles. The fourth-order valence-electron chi connectivity index (χ4n) is 1.68. The van der Waals surface area contributed by atoms with Crippen LogP contribution in [0.2, 0.25) is 0 Å². The van der Waals surface area contributed by atoms with Gasteiger partial charge in [-0.1, -0.05) is 30.3 Å². The molecule has 4 nitrogen and oxygen atoms in total. The number of hydrogen-bond acceptors (Lipinski definition) is 3. The van der Waals surface area contributed by atoms with E-state index in [1.54, 1.807) is 0 Å². The normalized spacial score (nSPS) is 14.1. The minimum atomic E-state index is -0.502. The first-order chi connectivity index (χ1) is 8.13. The monoisotopic (exact) mass is 235 g/mol. The second kappa shape index (κ2) is 7.04. The van der Waals surface area contributed by atoms with Gasteiger partial charge in [-0.3, -0.25) is 4.79 Å². The molecule has 0 saturated heterocycles. The SMILES string of the molecule is C[C@@H](Cc1ccccc1)NC(=O)[C@@H](N)CCN. The van der Waals surface area contributed by atoms with Crippen molar-refractivity contribution >= 4 is 5.91 Å². The van der Waals surface area contributed by atoms with Crippen LogP contribution < -0.4 is 16.8 Å². The molecule has 1 aromatic carbocycles. The summed E-state index contributed by atoms with van der Waals surface area (Å²) in [5.41, 5.74) is 12.2.